The van der Waals surface area contributed by atoms with Crippen LogP contribution in [0.3, 0.4) is 0 Å². The van der Waals surface area contributed by atoms with E-state index in [1.165, 1.54) is 37.7 Å². The van der Waals surface area contributed by atoms with Crippen molar-refractivity contribution in [1.29, 1.82) is 0 Å². The van der Waals surface area contributed by atoms with Crippen molar-refractivity contribution >= 4 is 27.5 Å². The Hall–Kier alpha value is -0.0100. The van der Waals surface area contributed by atoms with E-state index in [4.69, 9.17) is 11.6 Å². The lowest BCUT2D eigenvalue weighted by Gasteiger charge is -2.33. The molecule has 1 saturated carbocycles. The highest BCUT2D eigenvalue weighted by Crippen LogP contribution is 2.37. The second-order valence-electron chi connectivity index (χ2n) is 5.58. The molecule has 0 heterocycles. The fraction of sp³-hybridized carbons (Fsp3) is 0.625. The molecule has 3 atom stereocenters. The largest absolute Gasteiger partial charge is 0.0888 e. The van der Waals surface area contributed by atoms with Crippen LogP contribution in [0.25, 0.3) is 0 Å². The van der Waals surface area contributed by atoms with Crippen LogP contribution in [0, 0.1) is 11.8 Å². The number of alkyl halides is 1. The lowest BCUT2D eigenvalue weighted by atomic mass is 9.77. The Kier molecular flexibility index (Phi) is 5.56. The van der Waals surface area contributed by atoms with E-state index in [1.807, 2.05) is 6.07 Å². The third-order valence-electron chi connectivity index (χ3n) is 4.08. The van der Waals surface area contributed by atoms with Crippen molar-refractivity contribution in [1.82, 2.24) is 0 Å². The van der Waals surface area contributed by atoms with Crippen molar-refractivity contribution in [3.8, 4) is 0 Å². The second-order valence-corrected chi connectivity index (χ2v) is 7.19. The molecule has 1 aliphatic carbocycles. The van der Waals surface area contributed by atoms with Crippen LogP contribution in [0.5, 0.6) is 0 Å². The Labute approximate surface area is 124 Å². The molecule has 0 aliphatic heterocycles. The van der Waals surface area contributed by atoms with Crippen LogP contribution in [0.4, 0.5) is 0 Å². The van der Waals surface area contributed by atoms with E-state index < -0.39 is 0 Å². The summed E-state index contributed by atoms with van der Waals surface area (Å²) in [6, 6.07) is 8.34. The first-order chi connectivity index (χ1) is 8.69. The smallest absolute Gasteiger partial charge is 0.0408 e. The maximum absolute atomic E-state index is 6.07. The van der Waals surface area contributed by atoms with Crippen LogP contribution in [0.2, 0.25) is 5.02 Å². The van der Waals surface area contributed by atoms with Crippen molar-refractivity contribution < 1.29 is 0 Å². The normalized spacial score (nSPS) is 28.3. The minimum absolute atomic E-state index is 0.685. The van der Waals surface area contributed by atoms with Crippen LogP contribution in [0.15, 0.2) is 24.3 Å². The minimum Gasteiger partial charge on any atom is -0.0888 e. The molecule has 2 rings (SSSR count). The number of hydrogen-bond donors (Lipinski definition) is 0. The number of halogens is 2. The molecule has 0 N–H and O–H groups in total. The maximum Gasteiger partial charge on any atom is 0.0408 e. The summed E-state index contributed by atoms with van der Waals surface area (Å²) in [5.41, 5.74) is 1.38. The molecular weight excluding hydrogens is 308 g/mol. The van der Waals surface area contributed by atoms with E-state index >= 15 is 0 Å². The molecule has 2 heteroatoms. The van der Waals surface area contributed by atoms with Gasteiger partial charge in [-0.3, -0.25) is 0 Å². The maximum atomic E-state index is 6.07. The monoisotopic (exact) mass is 328 g/mol. The van der Waals surface area contributed by atoms with Crippen molar-refractivity contribution in [2.24, 2.45) is 11.8 Å². The SMILES string of the molecule is CCCC1CCC(Br)C(Cc2cccc(Cl)c2)C1. The highest BCUT2D eigenvalue weighted by atomic mass is 79.9. The summed E-state index contributed by atoms with van der Waals surface area (Å²) in [7, 11) is 0. The Morgan fingerprint density at radius 3 is 2.89 bits per heavy atom. The molecule has 0 amide bonds. The molecule has 1 aromatic rings. The summed E-state index contributed by atoms with van der Waals surface area (Å²) in [5.74, 6) is 1.71. The van der Waals surface area contributed by atoms with E-state index in [-0.39, 0.29) is 0 Å². The Balaban J connectivity index is 1.98. The summed E-state index contributed by atoms with van der Waals surface area (Å²) >= 11 is 9.94. The molecule has 0 spiro atoms. The average Bonchev–Trinajstić information content (AvgIpc) is 2.34. The molecule has 3 unspecified atom stereocenters. The highest BCUT2D eigenvalue weighted by Gasteiger charge is 2.28. The van der Waals surface area contributed by atoms with Gasteiger partial charge in [-0.2, -0.15) is 0 Å². The Morgan fingerprint density at radius 2 is 2.17 bits per heavy atom. The number of rotatable bonds is 4. The molecule has 1 aromatic carbocycles. The van der Waals surface area contributed by atoms with Gasteiger partial charge >= 0.3 is 0 Å². The van der Waals surface area contributed by atoms with Gasteiger partial charge in [0, 0.05) is 9.85 Å². The van der Waals surface area contributed by atoms with Gasteiger partial charge in [-0.1, -0.05) is 59.4 Å². The first-order valence-electron chi connectivity index (χ1n) is 7.07. The molecular formula is C16H22BrCl. The zero-order valence-electron chi connectivity index (χ0n) is 11.0. The van der Waals surface area contributed by atoms with E-state index in [1.54, 1.807) is 0 Å². The summed E-state index contributed by atoms with van der Waals surface area (Å²) in [6.07, 6.45) is 7.98. The van der Waals surface area contributed by atoms with Crippen LogP contribution < -0.4 is 0 Å². The van der Waals surface area contributed by atoms with Gasteiger partial charge in [0.1, 0.15) is 0 Å². The predicted molar refractivity (Wildman–Crippen MR) is 83.6 cm³/mol. The fourth-order valence-corrected chi connectivity index (χ4v) is 4.05. The molecule has 1 aliphatic rings. The standard InChI is InChI=1S/C16H22BrCl/c1-2-4-12-7-8-16(17)14(9-12)10-13-5-3-6-15(18)11-13/h3,5-6,11-12,14,16H,2,4,7-10H2,1H3. The van der Waals surface area contributed by atoms with Gasteiger partial charge in [-0.25, -0.2) is 0 Å². The first-order valence-corrected chi connectivity index (χ1v) is 8.37. The molecule has 18 heavy (non-hydrogen) atoms. The zero-order valence-corrected chi connectivity index (χ0v) is 13.4. The van der Waals surface area contributed by atoms with Crippen molar-refractivity contribution in [3.63, 3.8) is 0 Å². The van der Waals surface area contributed by atoms with Crippen LogP contribution in [0.1, 0.15) is 44.6 Å². The van der Waals surface area contributed by atoms with Gasteiger partial charge in [0.05, 0.1) is 0 Å². The summed E-state index contributed by atoms with van der Waals surface area (Å²) in [5, 5.41) is 0.861. The van der Waals surface area contributed by atoms with Gasteiger partial charge in [0.25, 0.3) is 0 Å². The first kappa shape index (κ1) is 14.4. The molecule has 0 saturated heterocycles. The van der Waals surface area contributed by atoms with Crippen LogP contribution in [-0.4, -0.2) is 4.83 Å². The van der Waals surface area contributed by atoms with Gasteiger partial charge in [0.15, 0.2) is 0 Å². The summed E-state index contributed by atoms with van der Waals surface area (Å²) in [6.45, 7) is 2.30. The van der Waals surface area contributed by atoms with E-state index in [0.29, 0.717) is 4.83 Å². The lowest BCUT2D eigenvalue weighted by molar-refractivity contribution is 0.263. The third-order valence-corrected chi connectivity index (χ3v) is 5.52. The summed E-state index contributed by atoms with van der Waals surface area (Å²) in [4.78, 5) is 0.685. The molecule has 100 valence electrons. The van der Waals surface area contributed by atoms with Crippen molar-refractivity contribution in [2.45, 2.75) is 50.3 Å². The van der Waals surface area contributed by atoms with E-state index in [9.17, 15) is 0 Å². The number of hydrogen-bond acceptors (Lipinski definition) is 0. The Bertz CT molecular complexity index is 377. The third kappa shape index (κ3) is 3.99. The van der Waals surface area contributed by atoms with Crippen molar-refractivity contribution in [2.75, 3.05) is 0 Å². The lowest BCUT2D eigenvalue weighted by Crippen LogP contribution is -2.26. The quantitative estimate of drug-likeness (QED) is 0.607. The summed E-state index contributed by atoms with van der Waals surface area (Å²) < 4.78 is 0. The zero-order chi connectivity index (χ0) is 13.0. The van der Waals surface area contributed by atoms with Gasteiger partial charge in [-0.05, 0) is 55.2 Å². The molecule has 1 fully saturated rings. The van der Waals surface area contributed by atoms with Crippen molar-refractivity contribution in [3.05, 3.63) is 34.9 Å². The highest BCUT2D eigenvalue weighted by molar-refractivity contribution is 9.09. The fourth-order valence-electron chi connectivity index (χ4n) is 3.17. The van der Waals surface area contributed by atoms with Gasteiger partial charge in [0.2, 0.25) is 0 Å². The van der Waals surface area contributed by atoms with Gasteiger partial charge < -0.3 is 0 Å². The van der Waals surface area contributed by atoms with E-state index in [0.717, 1.165) is 23.3 Å². The number of benzene rings is 1. The topological polar surface area (TPSA) is 0 Å². The second kappa shape index (κ2) is 6.96. The average molecular weight is 330 g/mol. The van der Waals surface area contributed by atoms with Gasteiger partial charge in [-0.15, -0.1) is 0 Å². The van der Waals surface area contributed by atoms with E-state index in [2.05, 4.69) is 41.1 Å². The minimum atomic E-state index is 0.685. The molecule has 0 radical (unpaired) electrons. The predicted octanol–water partition coefficient (Wildman–Crippen LogP) is 5.86. The Morgan fingerprint density at radius 1 is 1.33 bits per heavy atom. The van der Waals surface area contributed by atoms with Crippen LogP contribution in [-0.2, 0) is 6.42 Å². The molecule has 0 bridgehead atoms. The van der Waals surface area contributed by atoms with Crippen LogP contribution >= 0.6 is 27.5 Å². The molecule has 0 nitrogen and oxygen atoms in total. The molecule has 0 aromatic heterocycles.